The van der Waals surface area contributed by atoms with Crippen LogP contribution in [0.4, 0.5) is 0 Å². The Morgan fingerprint density at radius 2 is 2.41 bits per heavy atom. The zero-order valence-electron chi connectivity index (χ0n) is 9.94. The van der Waals surface area contributed by atoms with Crippen molar-refractivity contribution in [1.29, 1.82) is 0 Å². The summed E-state index contributed by atoms with van der Waals surface area (Å²) >= 11 is 4.96. The lowest BCUT2D eigenvalue weighted by Crippen LogP contribution is -2.13. The Hall–Kier alpha value is -1.13. The molecule has 1 heterocycles. The van der Waals surface area contributed by atoms with Gasteiger partial charge in [-0.2, -0.15) is 0 Å². The zero-order valence-corrected chi connectivity index (χ0v) is 10.8. The van der Waals surface area contributed by atoms with Gasteiger partial charge in [-0.1, -0.05) is 24.4 Å². The van der Waals surface area contributed by atoms with Crippen LogP contribution in [0.15, 0.2) is 18.2 Å². The van der Waals surface area contributed by atoms with Gasteiger partial charge in [-0.05, 0) is 25.0 Å². The Balaban J connectivity index is 2.03. The Labute approximate surface area is 107 Å². The van der Waals surface area contributed by atoms with Gasteiger partial charge in [0.1, 0.15) is 10.7 Å². The van der Waals surface area contributed by atoms with Gasteiger partial charge in [-0.3, -0.25) is 0 Å². The molecule has 1 atom stereocenters. The highest BCUT2D eigenvalue weighted by Crippen LogP contribution is 2.22. The molecule has 2 rings (SSSR count). The van der Waals surface area contributed by atoms with E-state index in [1.54, 1.807) is 0 Å². The van der Waals surface area contributed by atoms with Crippen molar-refractivity contribution < 1.29 is 9.47 Å². The van der Waals surface area contributed by atoms with Gasteiger partial charge in [0.05, 0.1) is 13.2 Å². The summed E-state index contributed by atoms with van der Waals surface area (Å²) in [6.45, 7) is 4.36. The molecule has 92 valence electrons. The van der Waals surface area contributed by atoms with E-state index in [0.717, 1.165) is 36.5 Å². The van der Waals surface area contributed by atoms with Gasteiger partial charge in [0, 0.05) is 18.1 Å². The molecule has 1 aromatic carbocycles. The van der Waals surface area contributed by atoms with E-state index in [9.17, 15) is 0 Å². The fraction of sp³-hybridized carbons (Fsp3) is 0.462. The summed E-state index contributed by atoms with van der Waals surface area (Å²) in [4.78, 5) is 0.402. The maximum absolute atomic E-state index is 5.82. The van der Waals surface area contributed by atoms with Crippen molar-refractivity contribution in [3.05, 3.63) is 29.3 Å². The molecule has 1 unspecified atom stereocenters. The highest BCUT2D eigenvalue weighted by molar-refractivity contribution is 7.80. The topological polar surface area (TPSA) is 44.5 Å². The number of ether oxygens (including phenoxy) is 2. The Bertz CT molecular complexity index is 414. The molecule has 1 fully saturated rings. The van der Waals surface area contributed by atoms with Crippen molar-refractivity contribution in [2.75, 3.05) is 19.8 Å². The van der Waals surface area contributed by atoms with Crippen LogP contribution in [0.25, 0.3) is 0 Å². The lowest BCUT2D eigenvalue weighted by molar-refractivity contribution is 0.167. The summed E-state index contributed by atoms with van der Waals surface area (Å²) < 4.78 is 11.1. The second-order valence-corrected chi connectivity index (χ2v) is 4.82. The maximum atomic E-state index is 5.82. The molecule has 0 aliphatic carbocycles. The van der Waals surface area contributed by atoms with Gasteiger partial charge >= 0.3 is 0 Å². The zero-order chi connectivity index (χ0) is 12.3. The van der Waals surface area contributed by atoms with E-state index < -0.39 is 0 Å². The van der Waals surface area contributed by atoms with Crippen LogP contribution in [0.3, 0.4) is 0 Å². The van der Waals surface area contributed by atoms with E-state index in [1.807, 2.05) is 25.1 Å². The van der Waals surface area contributed by atoms with Crippen LogP contribution in [0.2, 0.25) is 0 Å². The van der Waals surface area contributed by atoms with Crippen molar-refractivity contribution in [1.82, 2.24) is 0 Å². The van der Waals surface area contributed by atoms with Crippen molar-refractivity contribution in [2.45, 2.75) is 13.3 Å². The summed E-state index contributed by atoms with van der Waals surface area (Å²) in [5.41, 5.74) is 7.56. The first kappa shape index (κ1) is 12.3. The van der Waals surface area contributed by atoms with Crippen molar-refractivity contribution in [2.24, 2.45) is 11.7 Å². The lowest BCUT2D eigenvalue weighted by Gasteiger charge is -2.13. The second kappa shape index (κ2) is 5.47. The molecular formula is C13H17NO2S. The molecular weight excluding hydrogens is 234 g/mol. The number of thiocarbonyl (C=S) groups is 1. The molecule has 0 bridgehead atoms. The minimum Gasteiger partial charge on any atom is -0.493 e. The van der Waals surface area contributed by atoms with Gasteiger partial charge < -0.3 is 15.2 Å². The average Bonchev–Trinajstić information content (AvgIpc) is 2.80. The standard InChI is InChI=1S/C13H17NO2S/c1-9-2-3-11(13(14)17)6-12(9)16-8-10-4-5-15-7-10/h2-3,6,10H,4-5,7-8H2,1H3,(H2,14,17). The predicted molar refractivity (Wildman–Crippen MR) is 71.5 cm³/mol. The number of benzene rings is 1. The van der Waals surface area contributed by atoms with Crippen molar-refractivity contribution in [3.8, 4) is 5.75 Å². The highest BCUT2D eigenvalue weighted by Gasteiger charge is 2.16. The van der Waals surface area contributed by atoms with E-state index in [1.165, 1.54) is 0 Å². The molecule has 0 saturated carbocycles. The smallest absolute Gasteiger partial charge is 0.122 e. The monoisotopic (exact) mass is 251 g/mol. The third kappa shape index (κ3) is 3.17. The quantitative estimate of drug-likeness (QED) is 0.832. The number of hydrogen-bond donors (Lipinski definition) is 1. The maximum Gasteiger partial charge on any atom is 0.122 e. The van der Waals surface area contributed by atoms with Crippen molar-refractivity contribution >= 4 is 17.2 Å². The highest BCUT2D eigenvalue weighted by atomic mass is 32.1. The third-order valence-corrected chi connectivity index (χ3v) is 3.21. The first-order chi connectivity index (χ1) is 8.16. The molecule has 1 aliphatic rings. The van der Waals surface area contributed by atoms with Gasteiger partial charge in [0.25, 0.3) is 0 Å². The Morgan fingerprint density at radius 3 is 3.06 bits per heavy atom. The number of aryl methyl sites for hydroxylation is 1. The van der Waals surface area contributed by atoms with E-state index in [-0.39, 0.29) is 0 Å². The van der Waals surface area contributed by atoms with Crippen molar-refractivity contribution in [3.63, 3.8) is 0 Å². The Morgan fingerprint density at radius 1 is 1.59 bits per heavy atom. The predicted octanol–water partition coefficient (Wildman–Crippen LogP) is 2.04. The van der Waals surface area contributed by atoms with Crippen LogP contribution in [0.1, 0.15) is 17.5 Å². The minimum atomic E-state index is 0.402. The molecule has 4 heteroatoms. The van der Waals surface area contributed by atoms with Crippen LogP contribution < -0.4 is 10.5 Å². The van der Waals surface area contributed by atoms with Gasteiger partial charge in [0.15, 0.2) is 0 Å². The van der Waals surface area contributed by atoms with E-state index in [4.69, 9.17) is 27.4 Å². The molecule has 0 radical (unpaired) electrons. The lowest BCUT2D eigenvalue weighted by atomic mass is 10.1. The van der Waals surface area contributed by atoms with E-state index >= 15 is 0 Å². The van der Waals surface area contributed by atoms with Gasteiger partial charge in [-0.25, -0.2) is 0 Å². The van der Waals surface area contributed by atoms with E-state index in [2.05, 4.69) is 0 Å². The first-order valence-electron chi connectivity index (χ1n) is 5.78. The third-order valence-electron chi connectivity index (χ3n) is 2.97. The molecule has 1 saturated heterocycles. The fourth-order valence-electron chi connectivity index (χ4n) is 1.83. The Kier molecular flexibility index (Phi) is 3.97. The average molecular weight is 251 g/mol. The van der Waals surface area contributed by atoms with Crippen LogP contribution in [0.5, 0.6) is 5.75 Å². The number of hydrogen-bond acceptors (Lipinski definition) is 3. The van der Waals surface area contributed by atoms with Crippen LogP contribution in [0, 0.1) is 12.8 Å². The second-order valence-electron chi connectivity index (χ2n) is 4.39. The van der Waals surface area contributed by atoms with Gasteiger partial charge in [0.2, 0.25) is 0 Å². The minimum absolute atomic E-state index is 0.402. The summed E-state index contributed by atoms with van der Waals surface area (Å²) in [5.74, 6) is 1.37. The molecule has 1 aliphatic heterocycles. The van der Waals surface area contributed by atoms with Gasteiger partial charge in [-0.15, -0.1) is 0 Å². The first-order valence-corrected chi connectivity index (χ1v) is 6.18. The fourth-order valence-corrected chi connectivity index (χ4v) is 1.96. The molecule has 17 heavy (non-hydrogen) atoms. The van der Waals surface area contributed by atoms with Crippen LogP contribution >= 0.6 is 12.2 Å². The molecule has 2 N–H and O–H groups in total. The molecule has 1 aromatic rings. The molecule has 0 amide bonds. The largest absolute Gasteiger partial charge is 0.493 e. The van der Waals surface area contributed by atoms with Crippen LogP contribution in [-0.4, -0.2) is 24.8 Å². The summed E-state index contributed by atoms with van der Waals surface area (Å²) in [6.07, 6.45) is 1.08. The number of nitrogens with two attached hydrogens (primary N) is 1. The summed E-state index contributed by atoms with van der Waals surface area (Å²) in [5, 5.41) is 0. The summed E-state index contributed by atoms with van der Waals surface area (Å²) in [7, 11) is 0. The molecule has 0 spiro atoms. The SMILES string of the molecule is Cc1ccc(C(N)=S)cc1OCC1CCOC1. The van der Waals surface area contributed by atoms with E-state index in [0.29, 0.717) is 17.5 Å². The van der Waals surface area contributed by atoms with Crippen LogP contribution in [-0.2, 0) is 4.74 Å². The number of rotatable bonds is 4. The normalized spacial score (nSPS) is 19.2. The molecule has 0 aromatic heterocycles. The summed E-state index contributed by atoms with van der Waals surface area (Å²) in [6, 6.07) is 5.81. The molecule has 3 nitrogen and oxygen atoms in total.